The van der Waals surface area contributed by atoms with E-state index in [1.54, 1.807) is 0 Å². The van der Waals surface area contributed by atoms with Crippen LogP contribution >= 0.6 is 0 Å². The monoisotopic (exact) mass is 534 g/mol. The van der Waals surface area contributed by atoms with E-state index < -0.39 is 10.0 Å². The first-order valence-electron chi connectivity index (χ1n) is 12.7. The first-order valence-corrected chi connectivity index (χ1v) is 14.1. The molecule has 0 bridgehead atoms. The molecular formula is C23H34N8O5S. The Kier molecular flexibility index (Phi) is 8.20. The number of rotatable bonds is 8. The number of nitrogens with one attached hydrogen (secondary N) is 1. The third kappa shape index (κ3) is 6.38. The smallest absolute Gasteiger partial charge is 0.243 e. The molecule has 3 fully saturated rings. The van der Waals surface area contributed by atoms with E-state index in [0.29, 0.717) is 63.8 Å². The SMILES string of the molecule is O=S(=O)(c1cccc(O)c1)N1CCN(c2nc(NCCN3CCOCC3)nc(N3CCOCC3)n2)CC1. The van der Waals surface area contributed by atoms with Crippen molar-refractivity contribution in [2.75, 3.05) is 107 Å². The van der Waals surface area contributed by atoms with Crippen LogP contribution in [0.2, 0.25) is 0 Å². The number of anilines is 3. The van der Waals surface area contributed by atoms with Gasteiger partial charge in [0.2, 0.25) is 27.9 Å². The lowest BCUT2D eigenvalue weighted by Crippen LogP contribution is -2.49. The fraction of sp³-hybridized carbons (Fsp3) is 0.609. The van der Waals surface area contributed by atoms with Gasteiger partial charge in [-0.1, -0.05) is 6.07 Å². The molecule has 0 unspecified atom stereocenters. The zero-order chi connectivity index (χ0) is 25.7. The quantitative estimate of drug-likeness (QED) is 0.459. The van der Waals surface area contributed by atoms with Crippen molar-refractivity contribution in [1.82, 2.24) is 24.2 Å². The lowest BCUT2D eigenvalue weighted by atomic mass is 10.3. The van der Waals surface area contributed by atoms with Crippen molar-refractivity contribution in [3.05, 3.63) is 24.3 Å². The van der Waals surface area contributed by atoms with Crippen molar-refractivity contribution in [2.24, 2.45) is 0 Å². The number of phenols is 1. The molecule has 0 aliphatic carbocycles. The van der Waals surface area contributed by atoms with Crippen molar-refractivity contribution in [3.63, 3.8) is 0 Å². The highest BCUT2D eigenvalue weighted by Crippen LogP contribution is 2.23. The number of hydrogen-bond donors (Lipinski definition) is 2. The van der Waals surface area contributed by atoms with E-state index in [1.807, 2.05) is 4.90 Å². The molecule has 37 heavy (non-hydrogen) atoms. The zero-order valence-corrected chi connectivity index (χ0v) is 21.6. The van der Waals surface area contributed by atoms with E-state index >= 15 is 0 Å². The van der Waals surface area contributed by atoms with E-state index in [0.717, 1.165) is 32.8 Å². The van der Waals surface area contributed by atoms with Crippen LogP contribution in [0.1, 0.15) is 0 Å². The number of phenolic OH excluding ortho intramolecular Hbond substituents is 1. The molecule has 0 radical (unpaired) electrons. The van der Waals surface area contributed by atoms with Gasteiger partial charge in [-0.2, -0.15) is 19.3 Å². The van der Waals surface area contributed by atoms with E-state index in [9.17, 15) is 13.5 Å². The molecule has 13 nitrogen and oxygen atoms in total. The van der Waals surface area contributed by atoms with Crippen molar-refractivity contribution in [1.29, 1.82) is 0 Å². The van der Waals surface area contributed by atoms with E-state index in [1.165, 1.54) is 28.6 Å². The second-order valence-corrected chi connectivity index (χ2v) is 11.1. The van der Waals surface area contributed by atoms with E-state index in [4.69, 9.17) is 14.5 Å². The van der Waals surface area contributed by atoms with Gasteiger partial charge in [0.1, 0.15) is 5.75 Å². The number of benzene rings is 1. The lowest BCUT2D eigenvalue weighted by molar-refractivity contribution is 0.0398. The molecule has 5 rings (SSSR count). The van der Waals surface area contributed by atoms with Crippen molar-refractivity contribution < 1.29 is 23.0 Å². The number of aromatic nitrogens is 3. The fourth-order valence-electron chi connectivity index (χ4n) is 4.55. The van der Waals surface area contributed by atoms with E-state index in [-0.39, 0.29) is 23.7 Å². The molecule has 2 aromatic rings. The van der Waals surface area contributed by atoms with Crippen molar-refractivity contribution in [3.8, 4) is 5.75 Å². The van der Waals surface area contributed by atoms with Gasteiger partial charge in [0.25, 0.3) is 0 Å². The van der Waals surface area contributed by atoms with Crippen molar-refractivity contribution >= 4 is 27.9 Å². The minimum atomic E-state index is -3.70. The second-order valence-electron chi connectivity index (χ2n) is 9.13. The Bertz CT molecular complexity index is 1150. The highest BCUT2D eigenvalue weighted by atomic mass is 32.2. The second kappa shape index (κ2) is 11.7. The summed E-state index contributed by atoms with van der Waals surface area (Å²) in [6.45, 7) is 9.00. The van der Waals surface area contributed by atoms with Gasteiger partial charge in [0.15, 0.2) is 0 Å². The summed E-state index contributed by atoms with van der Waals surface area (Å²) in [5.41, 5.74) is 0. The molecular weight excluding hydrogens is 500 g/mol. The van der Waals surface area contributed by atoms with Crippen LogP contribution in [0.15, 0.2) is 29.2 Å². The third-order valence-corrected chi connectivity index (χ3v) is 8.59. The Morgan fingerprint density at radius 3 is 2.11 bits per heavy atom. The number of aromatic hydroxyl groups is 1. The Labute approximate surface area is 217 Å². The van der Waals surface area contributed by atoms with Gasteiger partial charge in [-0.05, 0) is 18.2 Å². The Morgan fingerprint density at radius 1 is 0.838 bits per heavy atom. The van der Waals surface area contributed by atoms with Crippen LogP contribution < -0.4 is 15.1 Å². The summed E-state index contributed by atoms with van der Waals surface area (Å²) in [4.78, 5) is 20.6. The highest BCUT2D eigenvalue weighted by molar-refractivity contribution is 7.89. The topological polar surface area (TPSA) is 136 Å². The molecule has 0 amide bonds. The summed E-state index contributed by atoms with van der Waals surface area (Å²) in [6.07, 6.45) is 0. The largest absolute Gasteiger partial charge is 0.508 e. The summed E-state index contributed by atoms with van der Waals surface area (Å²) >= 11 is 0. The minimum absolute atomic E-state index is 0.0748. The minimum Gasteiger partial charge on any atom is -0.508 e. The molecule has 1 aromatic carbocycles. The number of hydrogen-bond acceptors (Lipinski definition) is 12. The maximum Gasteiger partial charge on any atom is 0.243 e. The Balaban J connectivity index is 1.28. The average molecular weight is 535 g/mol. The molecule has 0 spiro atoms. The van der Waals surface area contributed by atoms with Crippen LogP contribution in [-0.4, -0.2) is 130 Å². The van der Waals surface area contributed by atoms with Gasteiger partial charge in [-0.15, -0.1) is 0 Å². The molecule has 202 valence electrons. The molecule has 1 aromatic heterocycles. The lowest BCUT2D eigenvalue weighted by Gasteiger charge is -2.34. The third-order valence-electron chi connectivity index (χ3n) is 6.70. The zero-order valence-electron chi connectivity index (χ0n) is 20.8. The number of ether oxygens (including phenoxy) is 2. The summed E-state index contributed by atoms with van der Waals surface area (Å²) in [7, 11) is -3.70. The van der Waals surface area contributed by atoms with E-state index in [2.05, 4.69) is 25.1 Å². The number of morpholine rings is 2. The molecule has 0 atom stereocenters. The summed E-state index contributed by atoms with van der Waals surface area (Å²) in [6, 6.07) is 5.76. The van der Waals surface area contributed by atoms with Gasteiger partial charge in [-0.3, -0.25) is 4.90 Å². The van der Waals surface area contributed by atoms with Crippen molar-refractivity contribution in [2.45, 2.75) is 4.90 Å². The van der Waals surface area contributed by atoms with Gasteiger partial charge in [0.05, 0.1) is 31.3 Å². The molecule has 3 aliphatic heterocycles. The van der Waals surface area contributed by atoms with Gasteiger partial charge < -0.3 is 29.7 Å². The fourth-order valence-corrected chi connectivity index (χ4v) is 6.01. The van der Waals surface area contributed by atoms with Crippen LogP contribution in [-0.2, 0) is 19.5 Å². The Hall–Kier alpha value is -2.78. The predicted molar refractivity (Wildman–Crippen MR) is 138 cm³/mol. The first-order chi connectivity index (χ1) is 18.0. The molecule has 4 heterocycles. The van der Waals surface area contributed by atoms with Crippen LogP contribution in [0.3, 0.4) is 0 Å². The van der Waals surface area contributed by atoms with Gasteiger partial charge in [0, 0.05) is 65.4 Å². The predicted octanol–water partition coefficient (Wildman–Crippen LogP) is -0.331. The van der Waals surface area contributed by atoms with Crippen LogP contribution in [0.5, 0.6) is 5.75 Å². The normalized spacial score (nSPS) is 20.2. The van der Waals surface area contributed by atoms with Crippen LogP contribution in [0.25, 0.3) is 0 Å². The van der Waals surface area contributed by atoms with Gasteiger partial charge >= 0.3 is 0 Å². The molecule has 14 heteroatoms. The maximum absolute atomic E-state index is 13.1. The number of piperazine rings is 1. The maximum atomic E-state index is 13.1. The van der Waals surface area contributed by atoms with Crippen LogP contribution in [0.4, 0.5) is 17.8 Å². The highest BCUT2D eigenvalue weighted by Gasteiger charge is 2.30. The molecule has 0 saturated carbocycles. The molecule has 3 saturated heterocycles. The molecule has 2 N–H and O–H groups in total. The summed E-state index contributed by atoms with van der Waals surface area (Å²) in [5, 5.41) is 13.1. The van der Waals surface area contributed by atoms with Gasteiger partial charge in [-0.25, -0.2) is 8.42 Å². The average Bonchev–Trinajstić information content (AvgIpc) is 2.94. The standard InChI is InChI=1S/C23H34N8O5S/c32-19-2-1-3-20(18-19)37(33,34)31-8-6-29(7-9-31)22-25-21(24-4-5-28-10-14-35-15-11-28)26-23(27-22)30-12-16-36-17-13-30/h1-3,18,32H,4-17H2,(H,24,25,26,27). The summed E-state index contributed by atoms with van der Waals surface area (Å²) < 4.78 is 38.5. The molecule has 3 aliphatic rings. The number of nitrogens with zero attached hydrogens (tertiary/aromatic N) is 7. The first kappa shape index (κ1) is 25.9. The summed E-state index contributed by atoms with van der Waals surface area (Å²) in [5.74, 6) is 1.56. The van der Waals surface area contributed by atoms with Crippen LogP contribution in [0, 0.1) is 0 Å². The number of sulfonamides is 1. The Morgan fingerprint density at radius 2 is 1.46 bits per heavy atom.